The number of nitrogens with two attached hydrogens (primary N) is 1. The van der Waals surface area contributed by atoms with Crippen molar-refractivity contribution in [2.45, 2.75) is 57.8 Å². The standard InChI is InChI=1S/C23H28ClFN4O3/c1-12-21(24)13(2)28-22(27-12)18-10-29(11-19(18)26)23(31)17-8-3-14(25)9-20(17)32-16-6-4-15(30)5-7-16/h3,8-9,15-16,19,27,30H,4-7,10-11,26H2,1-2H3/b22-18+/t15-,16-,19?. The van der Waals surface area contributed by atoms with Gasteiger partial charge in [-0.15, -0.1) is 0 Å². The Kier molecular flexibility index (Phi) is 6.55. The van der Waals surface area contributed by atoms with Crippen LogP contribution in [0.25, 0.3) is 0 Å². The molecule has 4 rings (SSSR count). The van der Waals surface area contributed by atoms with E-state index in [-0.39, 0.29) is 29.9 Å². The van der Waals surface area contributed by atoms with E-state index in [0.717, 1.165) is 11.3 Å². The number of halogens is 2. The first-order valence-electron chi connectivity index (χ1n) is 10.8. The quantitative estimate of drug-likeness (QED) is 0.641. The normalized spacial score (nSPS) is 28.5. The van der Waals surface area contributed by atoms with Gasteiger partial charge in [-0.05, 0) is 51.7 Å². The lowest BCUT2D eigenvalue weighted by atomic mass is 9.95. The third-order valence-electron chi connectivity index (χ3n) is 6.16. The van der Waals surface area contributed by atoms with Gasteiger partial charge in [-0.1, -0.05) is 11.6 Å². The lowest BCUT2D eigenvalue weighted by molar-refractivity contribution is 0.0638. The Balaban J connectivity index is 1.55. The molecule has 0 bridgehead atoms. The Bertz CT molecular complexity index is 1010. The minimum absolute atomic E-state index is 0.159. The van der Waals surface area contributed by atoms with E-state index in [4.69, 9.17) is 22.1 Å². The Hall–Kier alpha value is -2.42. The van der Waals surface area contributed by atoms with Crippen molar-refractivity contribution in [2.75, 3.05) is 13.1 Å². The van der Waals surface area contributed by atoms with Crippen molar-refractivity contribution >= 4 is 23.2 Å². The maximum absolute atomic E-state index is 14.0. The molecule has 1 aromatic rings. The number of likely N-dealkylation sites (tertiary alicyclic amines) is 1. The number of rotatable bonds is 3. The van der Waals surface area contributed by atoms with Gasteiger partial charge in [0.2, 0.25) is 0 Å². The molecule has 172 valence electrons. The molecular weight excluding hydrogens is 435 g/mol. The molecule has 3 aliphatic rings. The van der Waals surface area contributed by atoms with E-state index in [1.807, 2.05) is 13.8 Å². The number of hydrogen-bond acceptors (Lipinski definition) is 6. The molecule has 1 unspecified atom stereocenters. The van der Waals surface area contributed by atoms with Crippen LogP contribution in [0.3, 0.4) is 0 Å². The van der Waals surface area contributed by atoms with Gasteiger partial charge in [-0.2, -0.15) is 0 Å². The molecule has 1 aliphatic carbocycles. The van der Waals surface area contributed by atoms with Crippen molar-refractivity contribution < 1.29 is 19.0 Å². The van der Waals surface area contributed by atoms with Crippen LogP contribution in [-0.2, 0) is 0 Å². The third-order valence-corrected chi connectivity index (χ3v) is 6.72. The Morgan fingerprint density at radius 3 is 2.72 bits per heavy atom. The van der Waals surface area contributed by atoms with Crippen LogP contribution >= 0.6 is 11.6 Å². The first-order valence-corrected chi connectivity index (χ1v) is 11.2. The predicted octanol–water partition coefficient (Wildman–Crippen LogP) is 3.04. The molecular formula is C23H28ClFN4O3. The van der Waals surface area contributed by atoms with Gasteiger partial charge in [0.05, 0.1) is 28.5 Å². The number of nitrogens with zero attached hydrogens (tertiary/aromatic N) is 2. The fraction of sp³-hybridized carbons (Fsp3) is 0.478. The van der Waals surface area contributed by atoms with Crippen molar-refractivity contribution in [3.8, 4) is 5.75 Å². The Morgan fingerprint density at radius 1 is 1.31 bits per heavy atom. The van der Waals surface area contributed by atoms with Crippen molar-refractivity contribution in [3.63, 3.8) is 0 Å². The second kappa shape index (κ2) is 9.21. The van der Waals surface area contributed by atoms with Gasteiger partial charge < -0.3 is 25.8 Å². The number of carbonyl (C=O) groups excluding carboxylic acids is 1. The number of aliphatic imine (C=N–C) groups is 1. The fourth-order valence-corrected chi connectivity index (χ4v) is 4.41. The van der Waals surface area contributed by atoms with E-state index in [0.29, 0.717) is 60.9 Å². The number of amides is 1. The molecule has 7 nitrogen and oxygen atoms in total. The summed E-state index contributed by atoms with van der Waals surface area (Å²) < 4.78 is 20.0. The molecule has 0 radical (unpaired) electrons. The zero-order valence-corrected chi connectivity index (χ0v) is 19.0. The van der Waals surface area contributed by atoms with Gasteiger partial charge in [0.15, 0.2) is 0 Å². The van der Waals surface area contributed by atoms with E-state index in [2.05, 4.69) is 10.3 Å². The summed E-state index contributed by atoms with van der Waals surface area (Å²) in [6, 6.07) is 3.58. The van der Waals surface area contributed by atoms with Gasteiger partial charge >= 0.3 is 0 Å². The first kappa shape index (κ1) is 22.8. The number of nitrogens with one attached hydrogen (secondary N) is 1. The van der Waals surface area contributed by atoms with Crippen LogP contribution in [0, 0.1) is 5.82 Å². The van der Waals surface area contributed by atoms with Crippen LogP contribution < -0.4 is 15.8 Å². The maximum atomic E-state index is 14.0. The minimum atomic E-state index is -0.469. The highest BCUT2D eigenvalue weighted by Gasteiger charge is 2.34. The number of ether oxygens (including phenoxy) is 1. The van der Waals surface area contributed by atoms with E-state index >= 15 is 0 Å². The molecule has 1 aromatic carbocycles. The second-order valence-corrected chi connectivity index (χ2v) is 8.99. The molecule has 32 heavy (non-hydrogen) atoms. The largest absolute Gasteiger partial charge is 0.489 e. The van der Waals surface area contributed by atoms with Gasteiger partial charge in [0.1, 0.15) is 17.4 Å². The Morgan fingerprint density at radius 2 is 2.03 bits per heavy atom. The van der Waals surface area contributed by atoms with E-state index in [1.54, 1.807) is 4.90 Å². The highest BCUT2D eigenvalue weighted by molar-refractivity contribution is 6.43. The van der Waals surface area contributed by atoms with E-state index in [9.17, 15) is 14.3 Å². The van der Waals surface area contributed by atoms with Gasteiger partial charge in [0.25, 0.3) is 5.91 Å². The maximum Gasteiger partial charge on any atom is 0.257 e. The molecule has 9 heteroatoms. The average molecular weight is 463 g/mol. The molecule has 0 spiro atoms. The average Bonchev–Trinajstić information content (AvgIpc) is 3.14. The van der Waals surface area contributed by atoms with Crippen LogP contribution in [0.4, 0.5) is 4.39 Å². The molecule has 2 fully saturated rings. The third kappa shape index (κ3) is 4.67. The van der Waals surface area contributed by atoms with Crippen molar-refractivity contribution in [3.05, 3.63) is 51.7 Å². The van der Waals surface area contributed by atoms with E-state index < -0.39 is 5.82 Å². The molecule has 4 N–H and O–H groups in total. The zero-order valence-electron chi connectivity index (χ0n) is 18.2. The topological polar surface area (TPSA) is 100 Å². The predicted molar refractivity (Wildman–Crippen MR) is 121 cm³/mol. The summed E-state index contributed by atoms with van der Waals surface area (Å²) in [5.74, 6) is 0.0946. The van der Waals surface area contributed by atoms with Crippen LogP contribution in [0.1, 0.15) is 49.9 Å². The summed E-state index contributed by atoms with van der Waals surface area (Å²) in [6.45, 7) is 4.30. The van der Waals surface area contributed by atoms with E-state index in [1.165, 1.54) is 18.2 Å². The minimum Gasteiger partial charge on any atom is -0.489 e. The highest BCUT2D eigenvalue weighted by atomic mass is 35.5. The summed E-state index contributed by atoms with van der Waals surface area (Å²) in [6.07, 6.45) is 2.10. The van der Waals surface area contributed by atoms with Gasteiger partial charge in [-0.3, -0.25) is 4.79 Å². The van der Waals surface area contributed by atoms with Crippen LogP contribution in [0.5, 0.6) is 5.75 Å². The number of allylic oxidation sites excluding steroid dienone is 2. The molecule has 1 atom stereocenters. The molecule has 0 aromatic heterocycles. The lowest BCUT2D eigenvalue weighted by Crippen LogP contribution is -2.33. The summed E-state index contributed by atoms with van der Waals surface area (Å²) in [7, 11) is 0. The monoisotopic (exact) mass is 462 g/mol. The number of hydrogen-bond donors (Lipinski definition) is 3. The summed E-state index contributed by atoms with van der Waals surface area (Å²) in [4.78, 5) is 19.5. The summed E-state index contributed by atoms with van der Waals surface area (Å²) >= 11 is 6.21. The SMILES string of the molecule is CC1=N/C(=C2\CN(C(=O)c3ccc(F)cc3O[C@H]3CC[C@H](O)CC3)CC2N)NC(C)=C1Cl. The van der Waals surface area contributed by atoms with Gasteiger partial charge in [0, 0.05) is 36.5 Å². The lowest BCUT2D eigenvalue weighted by Gasteiger charge is -2.27. The Labute approximate surface area is 191 Å². The first-order chi connectivity index (χ1) is 15.2. The smallest absolute Gasteiger partial charge is 0.257 e. The van der Waals surface area contributed by atoms with Crippen molar-refractivity contribution in [1.29, 1.82) is 0 Å². The van der Waals surface area contributed by atoms with Gasteiger partial charge in [-0.25, -0.2) is 9.38 Å². The molecule has 1 saturated heterocycles. The van der Waals surface area contributed by atoms with Crippen LogP contribution in [0.15, 0.2) is 45.3 Å². The van der Waals surface area contributed by atoms with Crippen molar-refractivity contribution in [1.82, 2.24) is 10.2 Å². The number of benzene rings is 1. The van der Waals surface area contributed by atoms with Crippen molar-refractivity contribution in [2.24, 2.45) is 10.7 Å². The molecule has 2 heterocycles. The fourth-order valence-electron chi connectivity index (χ4n) is 4.32. The van der Waals surface area contributed by atoms with Crippen LogP contribution in [0.2, 0.25) is 0 Å². The van der Waals surface area contributed by atoms with Crippen LogP contribution in [-0.4, -0.2) is 53.0 Å². The summed E-state index contributed by atoms with van der Waals surface area (Å²) in [5, 5.41) is 13.4. The molecule has 1 saturated carbocycles. The second-order valence-electron chi connectivity index (χ2n) is 8.62. The summed E-state index contributed by atoms with van der Waals surface area (Å²) in [5.41, 5.74) is 8.92. The zero-order chi connectivity index (χ0) is 23.0. The number of carbonyl (C=O) groups is 1. The molecule has 1 amide bonds. The molecule has 2 aliphatic heterocycles. The highest BCUT2D eigenvalue weighted by Crippen LogP contribution is 2.30. The number of aliphatic hydroxyl groups excluding tert-OH is 1. The number of aliphatic hydroxyl groups is 1.